The SMILES string of the molecule is CCCCCCCCCCCC(=O)OC(C)(C)N(C)C. The molecule has 0 aliphatic rings. The van der Waals surface area contributed by atoms with Gasteiger partial charge in [-0.1, -0.05) is 58.3 Å². The average molecular weight is 285 g/mol. The first-order valence-electron chi connectivity index (χ1n) is 8.29. The smallest absolute Gasteiger partial charge is 0.307 e. The molecule has 0 aliphatic heterocycles. The quantitative estimate of drug-likeness (QED) is 0.294. The van der Waals surface area contributed by atoms with Gasteiger partial charge >= 0.3 is 5.97 Å². The first-order valence-corrected chi connectivity index (χ1v) is 8.29. The molecule has 0 saturated carbocycles. The molecule has 0 aliphatic carbocycles. The summed E-state index contributed by atoms with van der Waals surface area (Å²) in [4.78, 5) is 13.6. The Labute approximate surface area is 126 Å². The molecule has 0 amide bonds. The summed E-state index contributed by atoms with van der Waals surface area (Å²) in [5, 5.41) is 0. The highest BCUT2D eigenvalue weighted by molar-refractivity contribution is 5.69. The molecule has 3 nitrogen and oxygen atoms in total. The van der Waals surface area contributed by atoms with Gasteiger partial charge in [-0.2, -0.15) is 0 Å². The number of unbranched alkanes of at least 4 members (excludes halogenated alkanes) is 8. The third-order valence-electron chi connectivity index (χ3n) is 3.93. The van der Waals surface area contributed by atoms with Crippen molar-refractivity contribution < 1.29 is 9.53 Å². The number of hydrogen-bond donors (Lipinski definition) is 0. The molecule has 0 aromatic carbocycles. The van der Waals surface area contributed by atoms with Crippen LogP contribution in [0.4, 0.5) is 0 Å². The summed E-state index contributed by atoms with van der Waals surface area (Å²) in [6.07, 6.45) is 12.0. The molecule has 0 radical (unpaired) electrons. The van der Waals surface area contributed by atoms with Crippen LogP contribution in [0.3, 0.4) is 0 Å². The summed E-state index contributed by atoms with van der Waals surface area (Å²) >= 11 is 0. The van der Waals surface area contributed by atoms with Crippen LogP contribution in [0.25, 0.3) is 0 Å². The van der Waals surface area contributed by atoms with E-state index >= 15 is 0 Å². The standard InChI is InChI=1S/C17H35NO2/c1-6-7-8-9-10-11-12-13-14-15-16(19)20-17(2,3)18(4)5/h6-15H2,1-5H3. The van der Waals surface area contributed by atoms with Crippen molar-refractivity contribution in [3.63, 3.8) is 0 Å². The van der Waals surface area contributed by atoms with Gasteiger partial charge in [0.15, 0.2) is 5.72 Å². The van der Waals surface area contributed by atoms with E-state index in [1.807, 2.05) is 32.8 Å². The van der Waals surface area contributed by atoms with Gasteiger partial charge in [0.05, 0.1) is 0 Å². The van der Waals surface area contributed by atoms with Crippen LogP contribution < -0.4 is 0 Å². The zero-order valence-corrected chi connectivity index (χ0v) is 14.3. The molecule has 0 unspecified atom stereocenters. The van der Waals surface area contributed by atoms with Gasteiger partial charge in [-0.15, -0.1) is 0 Å². The monoisotopic (exact) mass is 285 g/mol. The predicted molar refractivity (Wildman–Crippen MR) is 85.7 cm³/mol. The van der Waals surface area contributed by atoms with Gasteiger partial charge in [0.25, 0.3) is 0 Å². The lowest BCUT2D eigenvalue weighted by Gasteiger charge is -2.31. The van der Waals surface area contributed by atoms with E-state index in [0.29, 0.717) is 6.42 Å². The minimum atomic E-state index is -0.504. The highest BCUT2D eigenvalue weighted by Gasteiger charge is 2.24. The molecule has 0 rings (SSSR count). The lowest BCUT2D eigenvalue weighted by Crippen LogP contribution is -2.42. The molecule has 0 aromatic heterocycles. The van der Waals surface area contributed by atoms with E-state index < -0.39 is 5.72 Å². The molecule has 0 atom stereocenters. The van der Waals surface area contributed by atoms with Gasteiger partial charge in [-0.05, 0) is 34.4 Å². The predicted octanol–water partition coefficient (Wildman–Crippen LogP) is 4.75. The van der Waals surface area contributed by atoms with Crippen molar-refractivity contribution in [1.82, 2.24) is 4.90 Å². The minimum absolute atomic E-state index is 0.0772. The molecule has 0 fully saturated rings. The Morgan fingerprint density at radius 3 is 1.80 bits per heavy atom. The van der Waals surface area contributed by atoms with Gasteiger partial charge in [0.2, 0.25) is 0 Å². The maximum Gasteiger partial charge on any atom is 0.307 e. The number of carbonyl (C=O) groups excluding carboxylic acids is 1. The van der Waals surface area contributed by atoms with E-state index in [0.717, 1.165) is 12.8 Å². The van der Waals surface area contributed by atoms with Crippen LogP contribution in [0.5, 0.6) is 0 Å². The van der Waals surface area contributed by atoms with Crippen LogP contribution >= 0.6 is 0 Å². The van der Waals surface area contributed by atoms with Crippen LogP contribution in [0, 0.1) is 0 Å². The zero-order valence-electron chi connectivity index (χ0n) is 14.3. The summed E-state index contributed by atoms with van der Waals surface area (Å²) in [6.45, 7) is 6.08. The highest BCUT2D eigenvalue weighted by Crippen LogP contribution is 2.15. The highest BCUT2D eigenvalue weighted by atomic mass is 16.6. The Morgan fingerprint density at radius 1 is 0.900 bits per heavy atom. The minimum Gasteiger partial charge on any atom is -0.444 e. The van der Waals surface area contributed by atoms with Crippen molar-refractivity contribution in [2.45, 2.75) is 90.7 Å². The summed E-state index contributed by atoms with van der Waals surface area (Å²) < 4.78 is 5.46. The van der Waals surface area contributed by atoms with Crippen molar-refractivity contribution >= 4 is 5.97 Å². The number of esters is 1. The lowest BCUT2D eigenvalue weighted by atomic mass is 10.1. The number of ether oxygens (including phenoxy) is 1. The molecule has 0 N–H and O–H groups in total. The zero-order chi connectivity index (χ0) is 15.4. The molecular weight excluding hydrogens is 250 g/mol. The molecule has 0 bridgehead atoms. The molecule has 20 heavy (non-hydrogen) atoms. The van der Waals surface area contributed by atoms with E-state index in [-0.39, 0.29) is 5.97 Å². The fourth-order valence-corrected chi connectivity index (χ4v) is 2.00. The maximum atomic E-state index is 11.7. The van der Waals surface area contributed by atoms with Crippen molar-refractivity contribution in [1.29, 1.82) is 0 Å². The fraction of sp³-hybridized carbons (Fsp3) is 0.941. The third kappa shape index (κ3) is 10.2. The normalized spacial score (nSPS) is 11.9. The second-order valence-corrected chi connectivity index (χ2v) is 6.39. The average Bonchev–Trinajstić information content (AvgIpc) is 2.36. The van der Waals surface area contributed by atoms with E-state index in [4.69, 9.17) is 4.74 Å². The molecule has 120 valence electrons. The maximum absolute atomic E-state index is 11.7. The summed E-state index contributed by atoms with van der Waals surface area (Å²) in [6, 6.07) is 0. The third-order valence-corrected chi connectivity index (χ3v) is 3.93. The second kappa shape index (κ2) is 11.1. The van der Waals surface area contributed by atoms with Gasteiger partial charge in [0, 0.05) is 6.42 Å². The number of nitrogens with zero attached hydrogens (tertiary/aromatic N) is 1. The number of rotatable bonds is 12. The molecule has 0 aromatic rings. The molecular formula is C17H35NO2. The van der Waals surface area contributed by atoms with Gasteiger partial charge in [-0.25, -0.2) is 0 Å². The van der Waals surface area contributed by atoms with E-state index in [2.05, 4.69) is 6.92 Å². The number of carbonyl (C=O) groups is 1. The lowest BCUT2D eigenvalue weighted by molar-refractivity contribution is -0.172. The topological polar surface area (TPSA) is 29.5 Å². The Hall–Kier alpha value is -0.570. The molecule has 3 heteroatoms. The van der Waals surface area contributed by atoms with Gasteiger partial charge in [0.1, 0.15) is 0 Å². The molecule has 0 spiro atoms. The van der Waals surface area contributed by atoms with Crippen LogP contribution in [0.15, 0.2) is 0 Å². The number of hydrogen-bond acceptors (Lipinski definition) is 3. The largest absolute Gasteiger partial charge is 0.444 e. The van der Waals surface area contributed by atoms with Crippen molar-refractivity contribution in [2.75, 3.05) is 14.1 Å². The second-order valence-electron chi connectivity index (χ2n) is 6.39. The summed E-state index contributed by atoms with van der Waals surface area (Å²) in [5.74, 6) is -0.0772. The Kier molecular flexibility index (Phi) is 10.8. The van der Waals surface area contributed by atoms with Gasteiger partial charge in [-0.3, -0.25) is 9.69 Å². The van der Waals surface area contributed by atoms with E-state index in [9.17, 15) is 4.79 Å². The van der Waals surface area contributed by atoms with Crippen molar-refractivity contribution in [3.8, 4) is 0 Å². The van der Waals surface area contributed by atoms with Crippen molar-refractivity contribution in [2.24, 2.45) is 0 Å². The molecule has 0 heterocycles. The van der Waals surface area contributed by atoms with Crippen LogP contribution in [0.1, 0.15) is 85.0 Å². The summed E-state index contributed by atoms with van der Waals surface area (Å²) in [5.41, 5.74) is -0.504. The molecule has 0 saturated heterocycles. The van der Waals surface area contributed by atoms with Crippen LogP contribution in [-0.4, -0.2) is 30.7 Å². The Morgan fingerprint density at radius 2 is 1.35 bits per heavy atom. The van der Waals surface area contributed by atoms with Crippen LogP contribution in [-0.2, 0) is 9.53 Å². The fourth-order valence-electron chi connectivity index (χ4n) is 2.00. The van der Waals surface area contributed by atoms with E-state index in [1.54, 1.807) is 0 Å². The van der Waals surface area contributed by atoms with E-state index in [1.165, 1.54) is 44.9 Å². The van der Waals surface area contributed by atoms with Gasteiger partial charge < -0.3 is 4.74 Å². The first-order chi connectivity index (χ1) is 9.40. The Balaban J connectivity index is 3.45. The summed E-state index contributed by atoms with van der Waals surface area (Å²) in [7, 11) is 3.84. The van der Waals surface area contributed by atoms with Crippen molar-refractivity contribution in [3.05, 3.63) is 0 Å². The first kappa shape index (κ1) is 19.4. The van der Waals surface area contributed by atoms with Crippen LogP contribution in [0.2, 0.25) is 0 Å². The Bertz CT molecular complexity index is 249.